The van der Waals surface area contributed by atoms with Gasteiger partial charge in [-0.05, 0) is 31.9 Å². The Morgan fingerprint density at radius 3 is 2.25 bits per heavy atom. The summed E-state index contributed by atoms with van der Waals surface area (Å²) in [5.74, 6) is -0.122. The zero-order valence-electron chi connectivity index (χ0n) is 9.76. The van der Waals surface area contributed by atoms with Gasteiger partial charge in [0.2, 0.25) is 0 Å². The lowest BCUT2D eigenvalue weighted by Crippen LogP contribution is -2.33. The Morgan fingerprint density at radius 2 is 1.81 bits per heavy atom. The molecule has 1 aromatic carbocycles. The molecular formula is C12H16N2OS. The van der Waals surface area contributed by atoms with Crippen LogP contribution >= 0.6 is 12.2 Å². The average Bonchev–Trinajstić information content (AvgIpc) is 2.12. The highest BCUT2D eigenvalue weighted by atomic mass is 32.1. The van der Waals surface area contributed by atoms with E-state index in [1.165, 1.54) is 0 Å². The van der Waals surface area contributed by atoms with Crippen LogP contribution in [0.3, 0.4) is 0 Å². The van der Waals surface area contributed by atoms with Gasteiger partial charge in [-0.3, -0.25) is 4.79 Å². The van der Waals surface area contributed by atoms with Gasteiger partial charge < -0.3 is 11.1 Å². The highest BCUT2D eigenvalue weighted by Crippen LogP contribution is 2.15. The van der Waals surface area contributed by atoms with Crippen molar-refractivity contribution in [1.29, 1.82) is 0 Å². The molecule has 0 aliphatic carbocycles. The lowest BCUT2D eigenvalue weighted by Gasteiger charge is -2.11. The largest absolute Gasteiger partial charge is 0.392 e. The second kappa shape index (κ2) is 5.07. The number of amides is 1. The van der Waals surface area contributed by atoms with Crippen LogP contribution in [0, 0.1) is 20.8 Å². The summed E-state index contributed by atoms with van der Waals surface area (Å²) in [6.07, 6.45) is 0. The summed E-state index contributed by atoms with van der Waals surface area (Å²) in [5.41, 5.74) is 9.14. The average molecular weight is 236 g/mol. The number of aryl methyl sites for hydroxylation is 3. The van der Waals surface area contributed by atoms with Crippen LogP contribution in [0.5, 0.6) is 0 Å². The number of carbonyl (C=O) groups is 1. The lowest BCUT2D eigenvalue weighted by molar-refractivity contribution is 0.0958. The van der Waals surface area contributed by atoms with Gasteiger partial charge in [-0.2, -0.15) is 0 Å². The Bertz CT molecular complexity index is 418. The van der Waals surface area contributed by atoms with Crippen molar-refractivity contribution in [2.24, 2.45) is 5.73 Å². The summed E-state index contributed by atoms with van der Waals surface area (Å²) in [4.78, 5) is 12.2. The van der Waals surface area contributed by atoms with Crippen LogP contribution in [0.2, 0.25) is 0 Å². The van der Waals surface area contributed by atoms with E-state index in [0.29, 0.717) is 5.56 Å². The maximum absolute atomic E-state index is 11.9. The van der Waals surface area contributed by atoms with Crippen LogP contribution in [0.1, 0.15) is 27.0 Å². The fraction of sp³-hybridized carbons (Fsp3) is 0.333. The first-order valence-corrected chi connectivity index (χ1v) is 5.47. The molecule has 0 fully saturated rings. The first kappa shape index (κ1) is 12.6. The number of rotatable bonds is 3. The van der Waals surface area contributed by atoms with Crippen molar-refractivity contribution in [2.75, 3.05) is 6.54 Å². The zero-order valence-corrected chi connectivity index (χ0v) is 10.6. The SMILES string of the molecule is Cc1cc(C)c(C(=O)NCC(N)=S)c(C)c1. The highest BCUT2D eigenvalue weighted by molar-refractivity contribution is 7.80. The van der Waals surface area contributed by atoms with Crippen molar-refractivity contribution in [3.63, 3.8) is 0 Å². The van der Waals surface area contributed by atoms with Gasteiger partial charge in [0.1, 0.15) is 0 Å². The van der Waals surface area contributed by atoms with E-state index in [1.54, 1.807) is 0 Å². The van der Waals surface area contributed by atoms with Gasteiger partial charge in [0.25, 0.3) is 5.91 Å². The molecule has 86 valence electrons. The zero-order chi connectivity index (χ0) is 12.3. The number of hydrogen-bond donors (Lipinski definition) is 2. The van der Waals surface area contributed by atoms with E-state index in [-0.39, 0.29) is 17.4 Å². The molecule has 0 bridgehead atoms. The van der Waals surface area contributed by atoms with E-state index in [9.17, 15) is 4.79 Å². The van der Waals surface area contributed by atoms with Crippen molar-refractivity contribution < 1.29 is 4.79 Å². The predicted molar refractivity (Wildman–Crippen MR) is 69.8 cm³/mol. The third kappa shape index (κ3) is 3.03. The molecule has 0 saturated heterocycles. The van der Waals surface area contributed by atoms with Crippen LogP contribution in [-0.2, 0) is 0 Å². The highest BCUT2D eigenvalue weighted by Gasteiger charge is 2.12. The number of benzene rings is 1. The van der Waals surface area contributed by atoms with E-state index >= 15 is 0 Å². The molecule has 1 rings (SSSR count). The third-order valence-corrected chi connectivity index (χ3v) is 2.47. The van der Waals surface area contributed by atoms with Crippen molar-refractivity contribution >= 4 is 23.1 Å². The summed E-state index contributed by atoms with van der Waals surface area (Å²) < 4.78 is 0. The molecule has 0 heterocycles. The van der Waals surface area contributed by atoms with Gasteiger partial charge in [-0.1, -0.05) is 29.9 Å². The van der Waals surface area contributed by atoms with E-state index in [4.69, 9.17) is 18.0 Å². The van der Waals surface area contributed by atoms with Crippen LogP contribution in [0.4, 0.5) is 0 Å². The number of carbonyl (C=O) groups excluding carboxylic acids is 1. The molecule has 0 radical (unpaired) electrons. The molecule has 16 heavy (non-hydrogen) atoms. The van der Waals surface area contributed by atoms with E-state index < -0.39 is 0 Å². The Balaban J connectivity index is 2.95. The summed E-state index contributed by atoms with van der Waals surface area (Å²) in [6.45, 7) is 6.10. The minimum atomic E-state index is -0.122. The summed E-state index contributed by atoms with van der Waals surface area (Å²) in [5, 5.41) is 2.69. The first-order chi connectivity index (χ1) is 7.41. The third-order valence-electron chi connectivity index (χ3n) is 2.33. The number of nitrogens with one attached hydrogen (secondary N) is 1. The molecule has 3 nitrogen and oxygen atoms in total. The van der Waals surface area contributed by atoms with E-state index in [1.807, 2.05) is 32.9 Å². The Morgan fingerprint density at radius 1 is 1.31 bits per heavy atom. The van der Waals surface area contributed by atoms with E-state index in [2.05, 4.69) is 5.32 Å². The van der Waals surface area contributed by atoms with Gasteiger partial charge in [-0.25, -0.2) is 0 Å². The molecule has 1 aromatic rings. The topological polar surface area (TPSA) is 55.1 Å². The molecular weight excluding hydrogens is 220 g/mol. The predicted octanol–water partition coefficient (Wildman–Crippen LogP) is 1.63. The number of nitrogens with two attached hydrogens (primary N) is 1. The van der Waals surface area contributed by atoms with Crippen molar-refractivity contribution in [2.45, 2.75) is 20.8 Å². The monoisotopic (exact) mass is 236 g/mol. The summed E-state index contributed by atoms with van der Waals surface area (Å²) in [6, 6.07) is 3.98. The molecule has 0 aliphatic rings. The van der Waals surface area contributed by atoms with E-state index in [0.717, 1.165) is 16.7 Å². The van der Waals surface area contributed by atoms with Gasteiger partial charge in [0, 0.05) is 5.56 Å². The molecule has 3 N–H and O–H groups in total. The Hall–Kier alpha value is -1.42. The van der Waals surface area contributed by atoms with Crippen molar-refractivity contribution in [1.82, 2.24) is 5.32 Å². The fourth-order valence-electron chi connectivity index (χ4n) is 1.79. The van der Waals surface area contributed by atoms with Gasteiger partial charge in [-0.15, -0.1) is 0 Å². The van der Waals surface area contributed by atoms with Crippen LogP contribution in [0.15, 0.2) is 12.1 Å². The van der Waals surface area contributed by atoms with Gasteiger partial charge in [0.15, 0.2) is 0 Å². The van der Waals surface area contributed by atoms with Crippen LogP contribution in [0.25, 0.3) is 0 Å². The first-order valence-electron chi connectivity index (χ1n) is 5.06. The Kier molecular flexibility index (Phi) is 4.01. The molecule has 1 amide bonds. The van der Waals surface area contributed by atoms with Gasteiger partial charge >= 0.3 is 0 Å². The summed E-state index contributed by atoms with van der Waals surface area (Å²) >= 11 is 4.71. The molecule has 0 atom stereocenters. The molecule has 0 unspecified atom stereocenters. The molecule has 0 saturated carbocycles. The standard InChI is InChI=1S/C12H16N2OS/c1-7-4-8(2)11(9(3)5-7)12(15)14-6-10(13)16/h4-5H,6H2,1-3H3,(H2,13,16)(H,14,15). The van der Waals surface area contributed by atoms with Crippen LogP contribution in [-0.4, -0.2) is 17.4 Å². The number of hydrogen-bond acceptors (Lipinski definition) is 2. The lowest BCUT2D eigenvalue weighted by atomic mass is 9.99. The normalized spacial score (nSPS) is 9.94. The Labute approximate surface area is 101 Å². The molecule has 4 heteroatoms. The molecule has 0 aromatic heterocycles. The quantitative estimate of drug-likeness (QED) is 0.784. The fourth-order valence-corrected chi connectivity index (χ4v) is 1.87. The number of thiocarbonyl (C=S) groups is 1. The second-order valence-electron chi connectivity index (χ2n) is 3.92. The van der Waals surface area contributed by atoms with Crippen LogP contribution < -0.4 is 11.1 Å². The smallest absolute Gasteiger partial charge is 0.252 e. The molecule has 0 spiro atoms. The molecule has 0 aliphatic heterocycles. The second-order valence-corrected chi connectivity index (χ2v) is 4.45. The van der Waals surface area contributed by atoms with Gasteiger partial charge in [0.05, 0.1) is 11.5 Å². The minimum absolute atomic E-state index is 0.122. The maximum atomic E-state index is 11.9. The minimum Gasteiger partial charge on any atom is -0.392 e. The summed E-state index contributed by atoms with van der Waals surface area (Å²) in [7, 11) is 0. The van der Waals surface area contributed by atoms with Crippen molar-refractivity contribution in [3.05, 3.63) is 34.4 Å². The maximum Gasteiger partial charge on any atom is 0.252 e. The van der Waals surface area contributed by atoms with Crippen molar-refractivity contribution in [3.8, 4) is 0 Å².